The fraction of sp³-hybridized carbons (Fsp3) is 0.684. The first kappa shape index (κ1) is 13.6. The van der Waals surface area contributed by atoms with Gasteiger partial charge in [-0.3, -0.25) is 0 Å². The van der Waals surface area contributed by atoms with Gasteiger partial charge in [0.25, 0.3) is 0 Å². The molecule has 2 saturated carbocycles. The second kappa shape index (κ2) is 5.31. The quantitative estimate of drug-likeness (QED) is 0.900. The summed E-state index contributed by atoms with van der Waals surface area (Å²) in [5.74, 6) is 4.53. The number of hydrogen-bond donors (Lipinski definition) is 1. The minimum absolute atomic E-state index is 0.448. The van der Waals surface area contributed by atoms with Crippen LogP contribution in [0.4, 0.5) is 0 Å². The van der Waals surface area contributed by atoms with Crippen LogP contribution < -0.4 is 10.1 Å². The standard InChI is InChI=1S/C19H27NO/c1-12-11-21-18-6-4-3-5-16(18)19(12)20-13(2)17-10-14-7-8-15(17)9-14/h3-6,12-15,17,19-20H,7-11H2,1-2H3. The lowest BCUT2D eigenvalue weighted by atomic mass is 9.82. The summed E-state index contributed by atoms with van der Waals surface area (Å²) < 4.78 is 5.88. The van der Waals surface area contributed by atoms with E-state index in [0.29, 0.717) is 18.0 Å². The number of fused-ring (bicyclic) bond motifs is 3. The van der Waals surface area contributed by atoms with Crippen molar-refractivity contribution in [3.05, 3.63) is 29.8 Å². The van der Waals surface area contributed by atoms with Crippen LogP contribution in [-0.4, -0.2) is 12.6 Å². The Labute approximate surface area is 128 Å². The zero-order valence-electron chi connectivity index (χ0n) is 13.2. The van der Waals surface area contributed by atoms with E-state index in [4.69, 9.17) is 4.74 Å². The normalized spacial score (nSPS) is 38.9. The molecule has 2 bridgehead atoms. The molecule has 6 atom stereocenters. The zero-order chi connectivity index (χ0) is 14.4. The number of hydrogen-bond acceptors (Lipinski definition) is 2. The van der Waals surface area contributed by atoms with Gasteiger partial charge in [-0.05, 0) is 50.0 Å². The van der Waals surface area contributed by atoms with Crippen LogP contribution in [0.3, 0.4) is 0 Å². The Morgan fingerprint density at radius 2 is 2.05 bits per heavy atom. The molecule has 1 aromatic carbocycles. The first-order chi connectivity index (χ1) is 10.2. The molecule has 2 aliphatic carbocycles. The maximum Gasteiger partial charge on any atom is 0.124 e. The van der Waals surface area contributed by atoms with E-state index in [1.807, 2.05) is 0 Å². The molecule has 0 radical (unpaired) electrons. The predicted octanol–water partition coefficient (Wildman–Crippen LogP) is 4.17. The second-order valence-corrected chi connectivity index (χ2v) is 7.60. The van der Waals surface area contributed by atoms with Crippen LogP contribution in [0.1, 0.15) is 51.1 Å². The van der Waals surface area contributed by atoms with Gasteiger partial charge in [0.2, 0.25) is 0 Å². The Bertz CT molecular complexity index is 514. The highest BCUT2D eigenvalue weighted by atomic mass is 16.5. The Morgan fingerprint density at radius 3 is 2.81 bits per heavy atom. The number of para-hydroxylation sites is 1. The van der Waals surface area contributed by atoms with Crippen molar-refractivity contribution in [2.75, 3.05) is 6.61 Å². The first-order valence-electron chi connectivity index (χ1n) is 8.70. The number of rotatable bonds is 3. The third kappa shape index (κ3) is 2.38. The molecule has 3 aliphatic rings. The summed E-state index contributed by atoms with van der Waals surface area (Å²) in [4.78, 5) is 0. The topological polar surface area (TPSA) is 21.3 Å². The van der Waals surface area contributed by atoms with E-state index in [2.05, 4.69) is 43.4 Å². The highest BCUT2D eigenvalue weighted by Gasteiger charge is 2.42. The van der Waals surface area contributed by atoms with Crippen LogP contribution in [0.5, 0.6) is 5.75 Å². The van der Waals surface area contributed by atoms with Gasteiger partial charge in [0.1, 0.15) is 5.75 Å². The average Bonchev–Trinajstić information content (AvgIpc) is 3.13. The van der Waals surface area contributed by atoms with Crippen LogP contribution in [0, 0.1) is 23.7 Å². The summed E-state index contributed by atoms with van der Waals surface area (Å²) in [5, 5.41) is 3.97. The molecule has 0 amide bonds. The molecule has 0 aromatic heterocycles. The fourth-order valence-electron chi connectivity index (χ4n) is 5.06. The zero-order valence-corrected chi connectivity index (χ0v) is 13.2. The molecule has 2 fully saturated rings. The molecule has 0 saturated heterocycles. The molecule has 1 heterocycles. The van der Waals surface area contributed by atoms with E-state index in [9.17, 15) is 0 Å². The lowest BCUT2D eigenvalue weighted by Gasteiger charge is -2.37. The fourth-order valence-corrected chi connectivity index (χ4v) is 5.06. The summed E-state index contributed by atoms with van der Waals surface area (Å²) in [6.45, 7) is 5.55. The van der Waals surface area contributed by atoms with E-state index >= 15 is 0 Å². The van der Waals surface area contributed by atoms with Gasteiger partial charge >= 0.3 is 0 Å². The minimum Gasteiger partial charge on any atom is -0.493 e. The van der Waals surface area contributed by atoms with Gasteiger partial charge in [-0.1, -0.05) is 31.5 Å². The molecule has 1 aromatic rings. The predicted molar refractivity (Wildman–Crippen MR) is 85.4 cm³/mol. The molecule has 4 rings (SSSR count). The van der Waals surface area contributed by atoms with Crippen molar-refractivity contribution in [2.45, 2.75) is 51.6 Å². The van der Waals surface area contributed by atoms with E-state index in [1.165, 1.54) is 31.2 Å². The van der Waals surface area contributed by atoms with Gasteiger partial charge in [0, 0.05) is 23.6 Å². The van der Waals surface area contributed by atoms with Crippen molar-refractivity contribution in [3.8, 4) is 5.75 Å². The summed E-state index contributed by atoms with van der Waals surface area (Å²) in [7, 11) is 0. The van der Waals surface area contributed by atoms with Crippen molar-refractivity contribution in [1.29, 1.82) is 0 Å². The van der Waals surface area contributed by atoms with Gasteiger partial charge in [0.05, 0.1) is 6.61 Å². The molecule has 114 valence electrons. The maximum absolute atomic E-state index is 5.88. The van der Waals surface area contributed by atoms with Crippen molar-refractivity contribution < 1.29 is 4.74 Å². The smallest absolute Gasteiger partial charge is 0.124 e. The van der Waals surface area contributed by atoms with Gasteiger partial charge in [0.15, 0.2) is 0 Å². The van der Waals surface area contributed by atoms with Crippen LogP contribution in [0.2, 0.25) is 0 Å². The average molecular weight is 285 g/mol. The van der Waals surface area contributed by atoms with Crippen LogP contribution in [0.15, 0.2) is 24.3 Å². The van der Waals surface area contributed by atoms with Crippen molar-refractivity contribution >= 4 is 0 Å². The van der Waals surface area contributed by atoms with Crippen LogP contribution in [-0.2, 0) is 0 Å². The Kier molecular flexibility index (Phi) is 3.45. The molecular formula is C19H27NO. The van der Waals surface area contributed by atoms with Crippen molar-refractivity contribution in [3.63, 3.8) is 0 Å². The first-order valence-corrected chi connectivity index (χ1v) is 8.70. The molecule has 1 aliphatic heterocycles. The van der Waals surface area contributed by atoms with Gasteiger partial charge in [-0.15, -0.1) is 0 Å². The molecule has 2 nitrogen and oxygen atoms in total. The van der Waals surface area contributed by atoms with E-state index in [-0.39, 0.29) is 0 Å². The van der Waals surface area contributed by atoms with E-state index in [0.717, 1.165) is 30.1 Å². The van der Waals surface area contributed by atoms with Crippen LogP contribution >= 0.6 is 0 Å². The lowest BCUT2D eigenvalue weighted by molar-refractivity contribution is 0.161. The monoisotopic (exact) mass is 285 g/mol. The molecule has 2 heteroatoms. The Morgan fingerprint density at radius 1 is 1.19 bits per heavy atom. The Balaban J connectivity index is 1.51. The van der Waals surface area contributed by atoms with Gasteiger partial charge < -0.3 is 10.1 Å². The summed E-state index contributed by atoms with van der Waals surface area (Å²) in [6, 6.07) is 9.62. The minimum atomic E-state index is 0.448. The molecule has 6 unspecified atom stereocenters. The summed E-state index contributed by atoms with van der Waals surface area (Å²) in [6.07, 6.45) is 5.92. The number of ether oxygens (including phenoxy) is 1. The lowest BCUT2D eigenvalue weighted by Crippen LogP contribution is -2.43. The third-order valence-electron chi connectivity index (χ3n) is 6.20. The molecule has 21 heavy (non-hydrogen) atoms. The molecule has 1 N–H and O–H groups in total. The molecular weight excluding hydrogens is 258 g/mol. The SMILES string of the molecule is CC1COc2ccccc2C1NC(C)C1CC2CCC1C2. The molecule has 0 spiro atoms. The van der Waals surface area contributed by atoms with Crippen molar-refractivity contribution in [1.82, 2.24) is 5.32 Å². The van der Waals surface area contributed by atoms with E-state index < -0.39 is 0 Å². The van der Waals surface area contributed by atoms with Gasteiger partial charge in [-0.2, -0.15) is 0 Å². The third-order valence-corrected chi connectivity index (χ3v) is 6.20. The Hall–Kier alpha value is -1.02. The summed E-state index contributed by atoms with van der Waals surface area (Å²) >= 11 is 0. The van der Waals surface area contributed by atoms with Crippen molar-refractivity contribution in [2.24, 2.45) is 23.7 Å². The van der Waals surface area contributed by atoms with E-state index in [1.54, 1.807) is 0 Å². The number of nitrogens with one attached hydrogen (secondary N) is 1. The summed E-state index contributed by atoms with van der Waals surface area (Å²) in [5.41, 5.74) is 1.35. The maximum atomic E-state index is 5.88. The second-order valence-electron chi connectivity index (χ2n) is 7.60. The largest absolute Gasteiger partial charge is 0.493 e. The van der Waals surface area contributed by atoms with Crippen LogP contribution in [0.25, 0.3) is 0 Å². The van der Waals surface area contributed by atoms with Gasteiger partial charge in [-0.25, -0.2) is 0 Å². The highest BCUT2D eigenvalue weighted by molar-refractivity contribution is 5.38. The highest BCUT2D eigenvalue weighted by Crippen LogP contribution is 2.50. The number of benzene rings is 1.